The van der Waals surface area contributed by atoms with E-state index in [-0.39, 0.29) is 6.03 Å². The van der Waals surface area contributed by atoms with Gasteiger partial charge in [0.05, 0.1) is 7.11 Å². The molecule has 6 heteroatoms. The van der Waals surface area contributed by atoms with Gasteiger partial charge in [-0.3, -0.25) is 9.80 Å². The first-order chi connectivity index (χ1) is 13.1. The molecule has 3 rings (SSSR count). The van der Waals surface area contributed by atoms with Crippen LogP contribution in [0, 0.1) is 0 Å². The van der Waals surface area contributed by atoms with Gasteiger partial charge in [0.2, 0.25) is 0 Å². The van der Waals surface area contributed by atoms with Crippen LogP contribution < -0.4 is 10.1 Å². The Kier molecular flexibility index (Phi) is 6.96. The average molecular weight is 375 g/mol. The van der Waals surface area contributed by atoms with Gasteiger partial charge in [-0.05, 0) is 39.3 Å². The van der Waals surface area contributed by atoms with Crippen molar-refractivity contribution >= 4 is 6.03 Å². The first-order valence-electron chi connectivity index (χ1n) is 10.2. The number of piperazine rings is 1. The minimum atomic E-state index is 0.0857. The number of hydrogen-bond donors (Lipinski definition) is 1. The van der Waals surface area contributed by atoms with Crippen molar-refractivity contribution in [3.05, 3.63) is 29.8 Å². The number of amides is 2. The molecule has 2 aliphatic rings. The van der Waals surface area contributed by atoms with Crippen molar-refractivity contribution in [3.63, 3.8) is 0 Å². The lowest BCUT2D eigenvalue weighted by Crippen LogP contribution is -2.53. The summed E-state index contributed by atoms with van der Waals surface area (Å²) < 4.78 is 5.45. The summed E-state index contributed by atoms with van der Waals surface area (Å²) in [7, 11) is 1.71. The Bertz CT molecular complexity index is 614. The van der Waals surface area contributed by atoms with Crippen LogP contribution in [0.3, 0.4) is 0 Å². The highest BCUT2D eigenvalue weighted by Crippen LogP contribution is 2.21. The number of methoxy groups -OCH3 is 1. The van der Waals surface area contributed by atoms with Gasteiger partial charge in [-0.1, -0.05) is 18.2 Å². The van der Waals surface area contributed by atoms with Gasteiger partial charge in [0.1, 0.15) is 5.75 Å². The van der Waals surface area contributed by atoms with E-state index in [2.05, 4.69) is 35.0 Å². The molecule has 1 atom stereocenters. The fraction of sp³-hybridized carbons (Fsp3) is 0.667. The predicted molar refractivity (Wildman–Crippen MR) is 108 cm³/mol. The number of nitrogens with zero attached hydrogens (tertiary/aromatic N) is 3. The largest absolute Gasteiger partial charge is 0.496 e. The van der Waals surface area contributed by atoms with Crippen LogP contribution in [0.1, 0.15) is 32.3 Å². The van der Waals surface area contributed by atoms with Crippen molar-refractivity contribution in [1.29, 1.82) is 0 Å². The average Bonchev–Trinajstić information content (AvgIpc) is 3.16. The number of rotatable bonds is 6. The summed E-state index contributed by atoms with van der Waals surface area (Å²) in [5.74, 6) is 0.934. The van der Waals surface area contributed by atoms with E-state index in [0.717, 1.165) is 51.6 Å². The van der Waals surface area contributed by atoms with E-state index in [1.165, 1.54) is 18.4 Å². The van der Waals surface area contributed by atoms with Gasteiger partial charge in [0.15, 0.2) is 0 Å². The maximum atomic E-state index is 12.6. The van der Waals surface area contributed by atoms with Crippen LogP contribution in [-0.2, 0) is 6.54 Å². The highest BCUT2D eigenvalue weighted by Gasteiger charge is 2.28. The third-order valence-electron chi connectivity index (χ3n) is 5.82. The monoisotopic (exact) mass is 374 g/mol. The molecule has 0 saturated carbocycles. The predicted octanol–water partition coefficient (Wildman–Crippen LogP) is 2.40. The molecule has 150 valence electrons. The summed E-state index contributed by atoms with van der Waals surface area (Å²) in [6.07, 6.45) is 2.42. The number of likely N-dealkylation sites (tertiary alicyclic amines) is 1. The van der Waals surface area contributed by atoms with Crippen molar-refractivity contribution in [3.8, 4) is 5.75 Å². The number of nitrogens with one attached hydrogen (secondary N) is 1. The van der Waals surface area contributed by atoms with Crippen LogP contribution in [0.15, 0.2) is 24.3 Å². The Labute approximate surface area is 163 Å². The van der Waals surface area contributed by atoms with E-state index < -0.39 is 0 Å². The Morgan fingerprint density at radius 3 is 2.63 bits per heavy atom. The topological polar surface area (TPSA) is 48.1 Å². The van der Waals surface area contributed by atoms with Crippen LogP contribution >= 0.6 is 0 Å². The third kappa shape index (κ3) is 5.14. The lowest BCUT2D eigenvalue weighted by Gasteiger charge is -2.35. The van der Waals surface area contributed by atoms with Gasteiger partial charge >= 0.3 is 6.03 Å². The Balaban J connectivity index is 1.43. The number of ether oxygens (including phenoxy) is 1. The summed E-state index contributed by atoms with van der Waals surface area (Å²) in [4.78, 5) is 19.4. The van der Waals surface area contributed by atoms with Crippen LogP contribution in [0.4, 0.5) is 4.79 Å². The van der Waals surface area contributed by atoms with Gasteiger partial charge < -0.3 is 15.0 Å². The molecule has 1 unspecified atom stereocenters. The minimum absolute atomic E-state index is 0.0857. The number of benzene rings is 1. The number of carbonyl (C=O) groups is 1. The molecule has 27 heavy (non-hydrogen) atoms. The molecule has 0 spiro atoms. The van der Waals surface area contributed by atoms with Crippen molar-refractivity contribution in [2.24, 2.45) is 0 Å². The molecule has 6 nitrogen and oxygen atoms in total. The summed E-state index contributed by atoms with van der Waals surface area (Å²) in [6.45, 7) is 10.6. The second-order valence-corrected chi connectivity index (χ2v) is 7.89. The van der Waals surface area contributed by atoms with E-state index in [1.54, 1.807) is 7.11 Å². The lowest BCUT2D eigenvalue weighted by molar-refractivity contribution is 0.131. The fourth-order valence-corrected chi connectivity index (χ4v) is 4.26. The van der Waals surface area contributed by atoms with Crippen LogP contribution in [0.5, 0.6) is 5.75 Å². The normalized spacial score (nSPS) is 21.6. The number of para-hydroxylation sites is 1. The van der Waals surface area contributed by atoms with Gasteiger partial charge in [-0.2, -0.15) is 0 Å². The fourth-order valence-electron chi connectivity index (χ4n) is 4.26. The second-order valence-electron chi connectivity index (χ2n) is 7.89. The second kappa shape index (κ2) is 9.42. The van der Waals surface area contributed by atoms with Crippen LogP contribution in [0.2, 0.25) is 0 Å². The standard InChI is InChI=1S/C21H34N4O2/c1-17(2)25-10-6-8-19(25)15-22-21(26)24-13-11-23(12-14-24)16-18-7-4-5-9-20(18)27-3/h4-5,7,9,17,19H,6,8,10-16H2,1-3H3,(H,22,26). The highest BCUT2D eigenvalue weighted by atomic mass is 16.5. The molecule has 2 aliphatic heterocycles. The summed E-state index contributed by atoms with van der Waals surface area (Å²) in [5, 5.41) is 3.17. The van der Waals surface area contributed by atoms with Gasteiger partial charge in [0, 0.05) is 56.9 Å². The summed E-state index contributed by atoms with van der Waals surface area (Å²) >= 11 is 0. The van der Waals surface area contributed by atoms with Gasteiger partial charge in [-0.15, -0.1) is 0 Å². The molecular weight excluding hydrogens is 340 g/mol. The van der Waals surface area contributed by atoms with Crippen molar-refractivity contribution in [1.82, 2.24) is 20.0 Å². The van der Waals surface area contributed by atoms with Crippen molar-refractivity contribution < 1.29 is 9.53 Å². The first-order valence-corrected chi connectivity index (χ1v) is 10.2. The molecule has 2 fully saturated rings. The zero-order valence-corrected chi connectivity index (χ0v) is 17.0. The van der Waals surface area contributed by atoms with Gasteiger partial charge in [0.25, 0.3) is 0 Å². The lowest BCUT2D eigenvalue weighted by atomic mass is 10.1. The Morgan fingerprint density at radius 2 is 1.93 bits per heavy atom. The molecule has 1 N–H and O–H groups in total. The number of carbonyl (C=O) groups excluding carboxylic acids is 1. The molecule has 1 aromatic carbocycles. The molecule has 2 saturated heterocycles. The maximum Gasteiger partial charge on any atom is 0.317 e. The van der Waals surface area contributed by atoms with Crippen LogP contribution in [0.25, 0.3) is 0 Å². The molecule has 2 amide bonds. The smallest absolute Gasteiger partial charge is 0.317 e. The molecule has 1 aromatic rings. The molecular formula is C21H34N4O2. The van der Waals surface area contributed by atoms with E-state index >= 15 is 0 Å². The Morgan fingerprint density at radius 1 is 1.19 bits per heavy atom. The maximum absolute atomic E-state index is 12.6. The first kappa shape index (κ1) is 20.0. The van der Waals surface area contributed by atoms with Crippen LogP contribution in [-0.4, -0.2) is 79.2 Å². The molecule has 0 bridgehead atoms. The van der Waals surface area contributed by atoms with Gasteiger partial charge in [-0.25, -0.2) is 4.79 Å². The molecule has 2 heterocycles. The number of urea groups is 1. The van der Waals surface area contributed by atoms with Crippen molar-refractivity contribution in [2.75, 3.05) is 46.4 Å². The SMILES string of the molecule is COc1ccccc1CN1CCN(C(=O)NCC2CCCN2C(C)C)CC1. The van der Waals surface area contributed by atoms with E-state index in [1.807, 2.05) is 23.1 Å². The summed E-state index contributed by atoms with van der Waals surface area (Å²) in [5.41, 5.74) is 1.20. The quantitative estimate of drug-likeness (QED) is 0.831. The highest BCUT2D eigenvalue weighted by molar-refractivity contribution is 5.74. The molecule has 0 aromatic heterocycles. The minimum Gasteiger partial charge on any atom is -0.496 e. The van der Waals surface area contributed by atoms with E-state index in [0.29, 0.717) is 12.1 Å². The third-order valence-corrected chi connectivity index (χ3v) is 5.82. The number of hydrogen-bond acceptors (Lipinski definition) is 4. The molecule has 0 radical (unpaired) electrons. The zero-order valence-electron chi connectivity index (χ0n) is 17.0. The van der Waals surface area contributed by atoms with E-state index in [4.69, 9.17) is 4.74 Å². The Hall–Kier alpha value is -1.79. The molecule has 0 aliphatic carbocycles. The van der Waals surface area contributed by atoms with E-state index in [9.17, 15) is 4.79 Å². The van der Waals surface area contributed by atoms with Crippen molar-refractivity contribution in [2.45, 2.75) is 45.3 Å². The zero-order chi connectivity index (χ0) is 19.2. The summed E-state index contributed by atoms with van der Waals surface area (Å²) in [6, 6.07) is 9.28.